The molecule has 3 rings (SSSR count). The van der Waals surface area contributed by atoms with Crippen LogP contribution >= 0.6 is 0 Å². The van der Waals surface area contributed by atoms with Crippen LogP contribution in [0.4, 0.5) is 17.5 Å². The molecule has 0 aliphatic carbocycles. The predicted octanol–water partition coefficient (Wildman–Crippen LogP) is 4.82. The highest BCUT2D eigenvalue weighted by atomic mass is 15.3. The number of piperidine rings is 1. The van der Waals surface area contributed by atoms with E-state index in [1.165, 1.54) is 30.4 Å². The van der Waals surface area contributed by atoms with E-state index in [-0.39, 0.29) is 0 Å². The molecule has 0 spiro atoms. The number of aromatic nitrogens is 3. The second kappa shape index (κ2) is 7.81. The van der Waals surface area contributed by atoms with Crippen LogP contribution in [0.2, 0.25) is 0 Å². The molecule has 1 aliphatic heterocycles. The highest BCUT2D eigenvalue weighted by Gasteiger charge is 2.23. The van der Waals surface area contributed by atoms with E-state index in [9.17, 15) is 0 Å². The maximum absolute atomic E-state index is 4.77. The molecule has 1 N–H and O–H groups in total. The van der Waals surface area contributed by atoms with E-state index < -0.39 is 0 Å². The molecule has 1 unspecified atom stereocenters. The summed E-state index contributed by atoms with van der Waals surface area (Å²) in [7, 11) is 0. The molecule has 0 radical (unpaired) electrons. The van der Waals surface area contributed by atoms with Crippen molar-refractivity contribution < 1.29 is 0 Å². The van der Waals surface area contributed by atoms with E-state index in [1.807, 2.05) is 0 Å². The van der Waals surface area contributed by atoms with E-state index in [1.54, 1.807) is 6.20 Å². The fraction of sp³-hybridized carbons (Fsp3) is 0.550. The molecule has 1 fully saturated rings. The Morgan fingerprint density at radius 3 is 2.88 bits per heavy atom. The van der Waals surface area contributed by atoms with Crippen molar-refractivity contribution >= 4 is 17.5 Å². The number of nitrogens with one attached hydrogen (secondary N) is 1. The van der Waals surface area contributed by atoms with Crippen LogP contribution < -0.4 is 10.2 Å². The molecule has 2 aromatic rings. The average Bonchev–Trinajstić information content (AvgIpc) is 2.63. The van der Waals surface area contributed by atoms with Crippen molar-refractivity contribution in [2.45, 2.75) is 65.3 Å². The molecule has 0 amide bonds. The summed E-state index contributed by atoms with van der Waals surface area (Å²) in [5.41, 5.74) is 3.57. The van der Waals surface area contributed by atoms with Gasteiger partial charge < -0.3 is 10.2 Å². The van der Waals surface area contributed by atoms with Crippen LogP contribution in [0.25, 0.3) is 0 Å². The predicted molar refractivity (Wildman–Crippen MR) is 104 cm³/mol. The lowest BCUT2D eigenvalue weighted by molar-refractivity contribution is 0.446. The van der Waals surface area contributed by atoms with Gasteiger partial charge in [0.25, 0.3) is 0 Å². The lowest BCUT2D eigenvalue weighted by Crippen LogP contribution is -2.39. The van der Waals surface area contributed by atoms with E-state index in [0.717, 1.165) is 24.5 Å². The largest absolute Gasteiger partial charge is 0.352 e. The zero-order valence-corrected chi connectivity index (χ0v) is 15.8. The molecule has 1 saturated heterocycles. The lowest BCUT2D eigenvalue weighted by Gasteiger charge is -2.35. The van der Waals surface area contributed by atoms with E-state index in [0.29, 0.717) is 17.9 Å². The van der Waals surface area contributed by atoms with Crippen molar-refractivity contribution in [3.63, 3.8) is 0 Å². The summed E-state index contributed by atoms with van der Waals surface area (Å²) in [5, 5.41) is 11.9. The highest BCUT2D eigenvalue weighted by molar-refractivity contribution is 5.64. The molecule has 1 atom stereocenters. The topological polar surface area (TPSA) is 53.9 Å². The van der Waals surface area contributed by atoms with Crippen molar-refractivity contribution in [1.29, 1.82) is 0 Å². The Balaban J connectivity index is 1.88. The third-order valence-electron chi connectivity index (χ3n) is 5.10. The average molecular weight is 339 g/mol. The number of anilines is 3. The summed E-state index contributed by atoms with van der Waals surface area (Å²) in [6.07, 6.45) is 6.69. The summed E-state index contributed by atoms with van der Waals surface area (Å²) in [6.45, 7) is 9.82. The Morgan fingerprint density at radius 1 is 1.28 bits per heavy atom. The van der Waals surface area contributed by atoms with Crippen LogP contribution in [0.5, 0.6) is 0 Å². The highest BCUT2D eigenvalue weighted by Crippen LogP contribution is 2.30. The first-order chi connectivity index (χ1) is 12.1. The molecule has 0 saturated carbocycles. The van der Waals surface area contributed by atoms with Crippen molar-refractivity contribution in [2.24, 2.45) is 0 Å². The monoisotopic (exact) mass is 339 g/mol. The zero-order valence-electron chi connectivity index (χ0n) is 15.8. The number of aryl methyl sites for hydroxylation is 1. The summed E-state index contributed by atoms with van der Waals surface area (Å²) >= 11 is 0. The maximum Gasteiger partial charge on any atom is 0.249 e. The third-order valence-corrected chi connectivity index (χ3v) is 5.10. The summed E-state index contributed by atoms with van der Waals surface area (Å²) in [5.74, 6) is 1.95. The van der Waals surface area contributed by atoms with Gasteiger partial charge in [-0.1, -0.05) is 39.0 Å². The standard InChI is InChI=1S/C20H29N5/c1-5-16-10-6-7-12-25(16)18-13-21-24-20(22-18)23-19-15(4)9-8-11-17(19)14(2)3/h8-9,11,13-14,16H,5-7,10,12H2,1-4H3,(H,22,23,24). The normalized spacial score (nSPS) is 17.8. The number of rotatable bonds is 5. The van der Waals surface area contributed by atoms with E-state index in [2.05, 4.69) is 66.3 Å². The quantitative estimate of drug-likeness (QED) is 0.846. The van der Waals surface area contributed by atoms with Gasteiger partial charge in [0.15, 0.2) is 5.82 Å². The number of para-hydroxylation sites is 1. The Kier molecular flexibility index (Phi) is 5.51. The Bertz CT molecular complexity index is 713. The zero-order chi connectivity index (χ0) is 17.8. The van der Waals surface area contributed by atoms with Gasteiger partial charge in [0, 0.05) is 18.3 Å². The first-order valence-electron chi connectivity index (χ1n) is 9.43. The fourth-order valence-electron chi connectivity index (χ4n) is 3.67. The van der Waals surface area contributed by atoms with Gasteiger partial charge >= 0.3 is 0 Å². The smallest absolute Gasteiger partial charge is 0.249 e. The summed E-state index contributed by atoms with van der Waals surface area (Å²) in [4.78, 5) is 7.17. The van der Waals surface area contributed by atoms with Crippen LogP contribution in [0.15, 0.2) is 24.4 Å². The molecule has 1 aromatic heterocycles. The molecule has 5 nitrogen and oxygen atoms in total. The second-order valence-corrected chi connectivity index (χ2v) is 7.21. The molecule has 0 bridgehead atoms. The second-order valence-electron chi connectivity index (χ2n) is 7.21. The molecule has 1 aromatic carbocycles. The van der Waals surface area contributed by atoms with Gasteiger partial charge in [-0.25, -0.2) is 0 Å². The molecular formula is C20H29N5. The number of hydrogen-bond donors (Lipinski definition) is 1. The van der Waals surface area contributed by atoms with Crippen LogP contribution in [0, 0.1) is 6.92 Å². The van der Waals surface area contributed by atoms with Crippen LogP contribution in [-0.4, -0.2) is 27.8 Å². The van der Waals surface area contributed by atoms with Crippen LogP contribution in [-0.2, 0) is 0 Å². The number of nitrogens with zero attached hydrogens (tertiary/aromatic N) is 4. The molecular weight excluding hydrogens is 310 g/mol. The van der Waals surface area contributed by atoms with Gasteiger partial charge in [0.05, 0.1) is 6.20 Å². The minimum absolute atomic E-state index is 0.435. The fourth-order valence-corrected chi connectivity index (χ4v) is 3.67. The van der Waals surface area contributed by atoms with Crippen molar-refractivity contribution in [2.75, 3.05) is 16.8 Å². The molecule has 134 valence electrons. The molecule has 5 heteroatoms. The number of benzene rings is 1. The molecule has 1 aliphatic rings. The van der Waals surface area contributed by atoms with Crippen LogP contribution in [0.1, 0.15) is 63.5 Å². The Hall–Kier alpha value is -2.17. The minimum Gasteiger partial charge on any atom is -0.352 e. The number of hydrogen-bond acceptors (Lipinski definition) is 5. The van der Waals surface area contributed by atoms with Gasteiger partial charge in [-0.05, 0) is 49.7 Å². The van der Waals surface area contributed by atoms with Crippen molar-refractivity contribution in [1.82, 2.24) is 15.2 Å². The van der Waals surface area contributed by atoms with Crippen molar-refractivity contribution in [3.05, 3.63) is 35.5 Å². The maximum atomic E-state index is 4.77. The SMILES string of the molecule is CCC1CCCCN1c1cnnc(Nc2c(C)cccc2C(C)C)n1. The first-order valence-corrected chi connectivity index (χ1v) is 9.43. The van der Waals surface area contributed by atoms with Crippen molar-refractivity contribution in [3.8, 4) is 0 Å². The van der Waals surface area contributed by atoms with Gasteiger partial charge in [-0.3, -0.25) is 0 Å². The Labute approximate surface area is 150 Å². The first kappa shape index (κ1) is 17.6. The summed E-state index contributed by atoms with van der Waals surface area (Å²) in [6, 6.07) is 6.94. The van der Waals surface area contributed by atoms with E-state index in [4.69, 9.17) is 4.98 Å². The van der Waals surface area contributed by atoms with Gasteiger partial charge in [-0.2, -0.15) is 10.1 Å². The summed E-state index contributed by atoms with van der Waals surface area (Å²) < 4.78 is 0. The van der Waals surface area contributed by atoms with Gasteiger partial charge in [0.2, 0.25) is 5.95 Å². The lowest BCUT2D eigenvalue weighted by atomic mass is 9.98. The molecule has 2 heterocycles. The third kappa shape index (κ3) is 3.91. The van der Waals surface area contributed by atoms with Gasteiger partial charge in [-0.15, -0.1) is 5.10 Å². The molecule has 25 heavy (non-hydrogen) atoms. The Morgan fingerprint density at radius 2 is 2.12 bits per heavy atom. The van der Waals surface area contributed by atoms with Crippen LogP contribution in [0.3, 0.4) is 0 Å². The minimum atomic E-state index is 0.435. The van der Waals surface area contributed by atoms with Gasteiger partial charge in [0.1, 0.15) is 0 Å². The van der Waals surface area contributed by atoms with E-state index >= 15 is 0 Å².